The van der Waals surface area contributed by atoms with Crippen LogP contribution >= 0.6 is 34.0 Å². The minimum Gasteiger partial charge on any atom is -0.487 e. The summed E-state index contributed by atoms with van der Waals surface area (Å²) in [4.78, 5) is 3.77. The third-order valence-corrected chi connectivity index (χ3v) is 5.94. The Balaban J connectivity index is 2.02. The Kier molecular flexibility index (Phi) is 3.59. The number of methoxy groups -OCH3 is 2. The van der Waals surface area contributed by atoms with Crippen molar-refractivity contribution in [2.24, 2.45) is 0 Å². The molecule has 0 atom stereocenters. The second-order valence-electron chi connectivity index (χ2n) is 3.81. The van der Waals surface area contributed by atoms with E-state index < -0.39 is 0 Å². The molecule has 3 rings (SSSR count). The maximum Gasteiger partial charge on any atom is 0.173 e. The van der Waals surface area contributed by atoms with Crippen LogP contribution in [0.1, 0.15) is 0 Å². The van der Waals surface area contributed by atoms with Gasteiger partial charge in [0, 0.05) is 15.3 Å². The van der Waals surface area contributed by atoms with Crippen molar-refractivity contribution in [3.05, 3.63) is 35.7 Å². The van der Waals surface area contributed by atoms with E-state index in [0.29, 0.717) is 0 Å². The van der Waals surface area contributed by atoms with Gasteiger partial charge in [-0.2, -0.15) is 0 Å². The fourth-order valence-corrected chi connectivity index (χ4v) is 4.61. The summed E-state index contributed by atoms with van der Waals surface area (Å²) in [6.07, 6.45) is 0. The van der Waals surface area contributed by atoms with E-state index in [1.54, 1.807) is 48.2 Å². The number of ether oxygens (including phenoxy) is 2. The lowest BCUT2D eigenvalue weighted by atomic mass is 10.2. The van der Waals surface area contributed by atoms with Crippen molar-refractivity contribution in [3.8, 4) is 30.3 Å². The highest BCUT2D eigenvalue weighted by molar-refractivity contribution is 7.23. The summed E-state index contributed by atoms with van der Waals surface area (Å²) in [6, 6.07) is 10.4. The van der Waals surface area contributed by atoms with Crippen molar-refractivity contribution < 1.29 is 9.47 Å². The van der Waals surface area contributed by atoms with Crippen LogP contribution in [0.15, 0.2) is 35.7 Å². The Hall–Kier alpha value is -1.30. The molecule has 0 saturated heterocycles. The summed E-state index contributed by atoms with van der Waals surface area (Å²) in [7, 11) is 3.41. The first-order valence-electron chi connectivity index (χ1n) is 5.67. The number of hydrogen-bond donors (Lipinski definition) is 0. The molecule has 19 heavy (non-hydrogen) atoms. The summed E-state index contributed by atoms with van der Waals surface area (Å²) in [5.41, 5.74) is 1.27. The van der Waals surface area contributed by atoms with Gasteiger partial charge in [0.05, 0.1) is 19.1 Å². The first-order valence-corrected chi connectivity index (χ1v) is 8.19. The van der Waals surface area contributed by atoms with Crippen LogP contribution in [0.2, 0.25) is 0 Å². The molecule has 0 aromatic carbocycles. The predicted molar refractivity (Wildman–Crippen MR) is 84.0 cm³/mol. The van der Waals surface area contributed by atoms with Gasteiger partial charge in [0.2, 0.25) is 0 Å². The Morgan fingerprint density at radius 2 is 1.42 bits per heavy atom. The second kappa shape index (κ2) is 5.36. The lowest BCUT2D eigenvalue weighted by Crippen LogP contribution is -1.74. The Bertz CT molecular complexity index is 621. The van der Waals surface area contributed by atoms with Gasteiger partial charge in [0.15, 0.2) is 10.1 Å². The summed E-state index contributed by atoms with van der Waals surface area (Å²) < 4.78 is 10.5. The average Bonchev–Trinajstić information content (AvgIpc) is 3.16. The van der Waals surface area contributed by atoms with Crippen LogP contribution in [0.3, 0.4) is 0 Å². The van der Waals surface area contributed by atoms with Crippen molar-refractivity contribution in [3.63, 3.8) is 0 Å². The molecule has 98 valence electrons. The molecule has 0 saturated carbocycles. The van der Waals surface area contributed by atoms with Gasteiger partial charge < -0.3 is 9.47 Å². The zero-order valence-corrected chi connectivity index (χ0v) is 13.0. The standard InChI is InChI=1S/C14H12O2S3/c1-15-12-5-3-10(18-12)9-7-8-17-14(9)11-4-6-13(16-2)19-11/h3-8H,1-2H3. The topological polar surface area (TPSA) is 18.5 Å². The van der Waals surface area contributed by atoms with Gasteiger partial charge in [-0.05, 0) is 35.7 Å². The quantitative estimate of drug-likeness (QED) is 0.657. The normalized spacial score (nSPS) is 10.6. The lowest BCUT2D eigenvalue weighted by Gasteiger charge is -1.98. The third kappa shape index (κ3) is 2.41. The van der Waals surface area contributed by atoms with E-state index in [4.69, 9.17) is 9.47 Å². The van der Waals surface area contributed by atoms with Crippen molar-refractivity contribution in [1.29, 1.82) is 0 Å². The van der Waals surface area contributed by atoms with Crippen LogP contribution in [0, 0.1) is 0 Å². The maximum absolute atomic E-state index is 5.27. The second-order valence-corrected chi connectivity index (χ2v) is 6.82. The molecule has 0 bridgehead atoms. The SMILES string of the molecule is COc1ccc(-c2ccsc2-c2ccc(OC)s2)s1. The number of hydrogen-bond acceptors (Lipinski definition) is 5. The van der Waals surface area contributed by atoms with E-state index in [0.717, 1.165) is 10.1 Å². The van der Waals surface area contributed by atoms with Crippen LogP contribution in [0.25, 0.3) is 20.2 Å². The van der Waals surface area contributed by atoms with Crippen molar-refractivity contribution in [2.45, 2.75) is 0 Å². The molecule has 2 nitrogen and oxygen atoms in total. The molecule has 0 aliphatic rings. The maximum atomic E-state index is 5.27. The first kappa shape index (κ1) is 12.7. The largest absolute Gasteiger partial charge is 0.487 e. The molecular weight excluding hydrogens is 296 g/mol. The van der Waals surface area contributed by atoms with E-state index in [1.165, 1.54) is 20.2 Å². The average molecular weight is 308 g/mol. The van der Waals surface area contributed by atoms with Crippen LogP contribution < -0.4 is 9.47 Å². The monoisotopic (exact) mass is 308 g/mol. The minimum absolute atomic E-state index is 0.941. The van der Waals surface area contributed by atoms with Crippen molar-refractivity contribution in [1.82, 2.24) is 0 Å². The highest BCUT2D eigenvalue weighted by Gasteiger charge is 2.13. The van der Waals surface area contributed by atoms with Crippen LogP contribution in [0.4, 0.5) is 0 Å². The molecule has 0 fully saturated rings. The van der Waals surface area contributed by atoms with Crippen molar-refractivity contribution >= 4 is 34.0 Å². The molecule has 3 aromatic rings. The predicted octanol–water partition coefficient (Wildman–Crippen LogP) is 5.22. The van der Waals surface area contributed by atoms with Gasteiger partial charge in [-0.1, -0.05) is 22.7 Å². The Morgan fingerprint density at radius 3 is 2.05 bits per heavy atom. The molecule has 0 unspecified atom stereocenters. The summed E-state index contributed by atoms with van der Waals surface area (Å²) in [5, 5.41) is 4.01. The van der Waals surface area contributed by atoms with E-state index in [2.05, 4.69) is 23.6 Å². The van der Waals surface area contributed by atoms with Gasteiger partial charge in [-0.15, -0.1) is 11.3 Å². The summed E-state index contributed by atoms with van der Waals surface area (Å²) in [5.74, 6) is 0. The molecule has 0 radical (unpaired) electrons. The fraction of sp³-hybridized carbons (Fsp3) is 0.143. The Morgan fingerprint density at radius 1 is 0.789 bits per heavy atom. The van der Waals surface area contributed by atoms with E-state index in [-0.39, 0.29) is 0 Å². The molecule has 0 aliphatic carbocycles. The fourth-order valence-electron chi connectivity index (χ4n) is 1.82. The third-order valence-electron chi connectivity index (χ3n) is 2.72. The first-order chi connectivity index (χ1) is 9.31. The zero-order chi connectivity index (χ0) is 13.2. The van der Waals surface area contributed by atoms with Crippen molar-refractivity contribution in [2.75, 3.05) is 14.2 Å². The summed E-state index contributed by atoms with van der Waals surface area (Å²) >= 11 is 5.10. The van der Waals surface area contributed by atoms with E-state index in [9.17, 15) is 0 Å². The van der Waals surface area contributed by atoms with Crippen LogP contribution in [-0.4, -0.2) is 14.2 Å². The molecule has 0 N–H and O–H groups in total. The summed E-state index contributed by atoms with van der Waals surface area (Å²) in [6.45, 7) is 0. The van der Waals surface area contributed by atoms with Crippen LogP contribution in [0.5, 0.6) is 10.1 Å². The molecule has 0 amide bonds. The number of rotatable bonds is 4. The highest BCUT2D eigenvalue weighted by Crippen LogP contribution is 2.44. The van der Waals surface area contributed by atoms with E-state index >= 15 is 0 Å². The molecule has 0 aliphatic heterocycles. The van der Waals surface area contributed by atoms with Gasteiger partial charge in [0.25, 0.3) is 0 Å². The van der Waals surface area contributed by atoms with Gasteiger partial charge in [-0.3, -0.25) is 0 Å². The lowest BCUT2D eigenvalue weighted by molar-refractivity contribution is 0.427. The van der Waals surface area contributed by atoms with Gasteiger partial charge >= 0.3 is 0 Å². The van der Waals surface area contributed by atoms with Crippen LogP contribution in [-0.2, 0) is 0 Å². The highest BCUT2D eigenvalue weighted by atomic mass is 32.1. The Labute approximate surface area is 123 Å². The van der Waals surface area contributed by atoms with Gasteiger partial charge in [-0.25, -0.2) is 0 Å². The number of thiophene rings is 3. The molecular formula is C14H12O2S3. The van der Waals surface area contributed by atoms with E-state index in [1.807, 2.05) is 12.1 Å². The smallest absolute Gasteiger partial charge is 0.173 e. The zero-order valence-electron chi connectivity index (χ0n) is 10.5. The minimum atomic E-state index is 0.941. The molecule has 5 heteroatoms. The molecule has 3 aromatic heterocycles. The van der Waals surface area contributed by atoms with Gasteiger partial charge in [0.1, 0.15) is 0 Å². The molecule has 0 spiro atoms. The molecule has 3 heterocycles.